The smallest absolute Gasteiger partial charge is 0.370 e. The number of amides is 1. The van der Waals surface area contributed by atoms with Gasteiger partial charge in [-0.3, -0.25) is 4.79 Å². The lowest BCUT2D eigenvalue weighted by Crippen LogP contribution is -2.42. The first-order valence-electron chi connectivity index (χ1n) is 4.81. The fourth-order valence-corrected chi connectivity index (χ4v) is 1.19. The van der Waals surface area contributed by atoms with Crippen LogP contribution in [0.15, 0.2) is 29.3 Å². The van der Waals surface area contributed by atoms with Crippen LogP contribution in [-0.2, 0) is 5.79 Å². The standard InChI is InChI=1S/C10H10F3N3O3/c11-10(12,13)9(18,19)6-3-1-5(2-4-6)7(17)16-8(14)15/h1-4,18-19H,(H4,14,15,16,17). The molecule has 0 unspecified atom stereocenters. The number of alkyl halides is 3. The third-order valence-corrected chi connectivity index (χ3v) is 2.16. The highest BCUT2D eigenvalue weighted by molar-refractivity contribution is 6.01. The van der Waals surface area contributed by atoms with Crippen LogP contribution in [0, 0.1) is 0 Å². The van der Waals surface area contributed by atoms with Gasteiger partial charge >= 0.3 is 6.18 Å². The Balaban J connectivity index is 3.07. The number of guanidine groups is 1. The second-order valence-corrected chi connectivity index (χ2v) is 3.59. The number of rotatable bonds is 2. The van der Waals surface area contributed by atoms with E-state index in [1.165, 1.54) is 0 Å². The summed E-state index contributed by atoms with van der Waals surface area (Å²) in [6.07, 6.45) is -5.27. The van der Waals surface area contributed by atoms with Crippen molar-refractivity contribution in [3.8, 4) is 0 Å². The van der Waals surface area contributed by atoms with Crippen LogP contribution < -0.4 is 11.5 Å². The Labute approximate surface area is 105 Å². The lowest BCUT2D eigenvalue weighted by atomic mass is 10.0. The van der Waals surface area contributed by atoms with Crippen molar-refractivity contribution in [3.63, 3.8) is 0 Å². The molecule has 1 rings (SSSR count). The Kier molecular flexibility index (Phi) is 3.82. The highest BCUT2D eigenvalue weighted by Gasteiger charge is 2.54. The fraction of sp³-hybridized carbons (Fsp3) is 0.200. The summed E-state index contributed by atoms with van der Waals surface area (Å²) in [5.74, 6) is -5.35. The molecule has 19 heavy (non-hydrogen) atoms. The molecule has 0 saturated heterocycles. The SMILES string of the molecule is NC(N)=NC(=O)c1ccc(C(O)(O)C(F)(F)F)cc1. The highest BCUT2D eigenvalue weighted by Crippen LogP contribution is 2.36. The van der Waals surface area contributed by atoms with Gasteiger partial charge in [0.25, 0.3) is 11.7 Å². The van der Waals surface area contributed by atoms with Crippen molar-refractivity contribution in [2.45, 2.75) is 12.0 Å². The predicted octanol–water partition coefficient (Wildman–Crippen LogP) is -0.200. The van der Waals surface area contributed by atoms with Gasteiger partial charge < -0.3 is 21.7 Å². The van der Waals surface area contributed by atoms with Gasteiger partial charge in [-0.25, -0.2) is 0 Å². The van der Waals surface area contributed by atoms with Crippen LogP contribution in [0.5, 0.6) is 0 Å². The Hall–Kier alpha value is -2.13. The second kappa shape index (κ2) is 4.86. The number of hydrogen-bond acceptors (Lipinski definition) is 3. The molecule has 6 N–H and O–H groups in total. The van der Waals surface area contributed by atoms with Gasteiger partial charge in [-0.1, -0.05) is 12.1 Å². The molecule has 0 atom stereocenters. The second-order valence-electron chi connectivity index (χ2n) is 3.59. The Morgan fingerprint density at radius 1 is 1.11 bits per heavy atom. The molecule has 1 amide bonds. The van der Waals surface area contributed by atoms with Crippen LogP contribution in [0.25, 0.3) is 0 Å². The molecule has 0 heterocycles. The number of hydrogen-bond donors (Lipinski definition) is 4. The monoisotopic (exact) mass is 277 g/mol. The van der Waals surface area contributed by atoms with Crippen molar-refractivity contribution in [1.29, 1.82) is 0 Å². The number of aliphatic imine (C=N–C) groups is 1. The number of aliphatic hydroxyl groups is 2. The minimum absolute atomic E-state index is 0.102. The van der Waals surface area contributed by atoms with Crippen LogP contribution in [0.3, 0.4) is 0 Å². The van der Waals surface area contributed by atoms with Gasteiger partial charge in [-0.2, -0.15) is 18.2 Å². The van der Waals surface area contributed by atoms with Crippen LogP contribution in [0.4, 0.5) is 13.2 Å². The Morgan fingerprint density at radius 2 is 1.58 bits per heavy atom. The topological polar surface area (TPSA) is 122 Å². The summed E-state index contributed by atoms with van der Waals surface area (Å²) >= 11 is 0. The van der Waals surface area contributed by atoms with Crippen molar-refractivity contribution >= 4 is 11.9 Å². The molecule has 0 aliphatic heterocycles. The zero-order chi connectivity index (χ0) is 14.8. The maximum absolute atomic E-state index is 12.3. The number of carbonyl (C=O) groups is 1. The Bertz CT molecular complexity index is 505. The molecule has 1 aromatic carbocycles. The number of nitrogens with two attached hydrogens (primary N) is 2. The van der Waals surface area contributed by atoms with Gasteiger partial charge in [0.15, 0.2) is 5.96 Å². The predicted molar refractivity (Wildman–Crippen MR) is 58.8 cm³/mol. The van der Waals surface area contributed by atoms with Gasteiger partial charge in [0, 0.05) is 11.1 Å². The third kappa shape index (κ3) is 3.20. The van der Waals surface area contributed by atoms with Crippen molar-refractivity contribution in [2.75, 3.05) is 0 Å². The summed E-state index contributed by atoms with van der Waals surface area (Å²) in [6.45, 7) is 0. The van der Waals surface area contributed by atoms with Gasteiger partial charge in [0.05, 0.1) is 0 Å². The maximum atomic E-state index is 12.3. The Morgan fingerprint density at radius 3 is 1.95 bits per heavy atom. The summed E-state index contributed by atoms with van der Waals surface area (Å²) in [5.41, 5.74) is 9.00. The molecule has 9 heteroatoms. The van der Waals surface area contributed by atoms with E-state index in [1.807, 2.05) is 0 Å². The fourth-order valence-electron chi connectivity index (χ4n) is 1.19. The first-order chi connectivity index (χ1) is 8.55. The first kappa shape index (κ1) is 14.9. The number of carbonyl (C=O) groups excluding carboxylic acids is 1. The van der Waals surface area contributed by atoms with Crippen LogP contribution in [-0.4, -0.2) is 28.3 Å². The van der Waals surface area contributed by atoms with E-state index in [0.29, 0.717) is 0 Å². The van der Waals surface area contributed by atoms with Crippen molar-refractivity contribution in [3.05, 3.63) is 35.4 Å². The largest absolute Gasteiger partial charge is 0.447 e. The minimum atomic E-state index is -5.27. The highest BCUT2D eigenvalue weighted by atomic mass is 19.4. The molecular weight excluding hydrogens is 267 g/mol. The van der Waals surface area contributed by atoms with Crippen molar-refractivity contribution in [2.24, 2.45) is 16.5 Å². The molecule has 0 aliphatic carbocycles. The number of benzene rings is 1. The summed E-state index contributed by atoms with van der Waals surface area (Å²) in [5, 5.41) is 18.0. The molecule has 0 radical (unpaired) electrons. The van der Waals surface area contributed by atoms with E-state index in [4.69, 9.17) is 21.7 Å². The van der Waals surface area contributed by atoms with E-state index < -0.39 is 29.4 Å². The van der Waals surface area contributed by atoms with Crippen LogP contribution in [0.1, 0.15) is 15.9 Å². The maximum Gasteiger partial charge on any atom is 0.447 e. The lowest BCUT2D eigenvalue weighted by Gasteiger charge is -2.24. The molecule has 104 valence electrons. The summed E-state index contributed by atoms with van der Waals surface area (Å²) < 4.78 is 37.0. The average molecular weight is 277 g/mol. The van der Waals surface area contributed by atoms with Gasteiger partial charge in [-0.05, 0) is 12.1 Å². The summed E-state index contributed by atoms with van der Waals surface area (Å²) in [4.78, 5) is 14.5. The van der Waals surface area contributed by atoms with E-state index in [9.17, 15) is 18.0 Å². The van der Waals surface area contributed by atoms with E-state index in [2.05, 4.69) is 4.99 Å². The molecule has 1 aromatic rings. The van der Waals surface area contributed by atoms with Crippen molar-refractivity contribution < 1.29 is 28.2 Å². The number of nitrogens with zero attached hydrogens (tertiary/aromatic N) is 1. The molecule has 0 aromatic heterocycles. The zero-order valence-corrected chi connectivity index (χ0v) is 9.35. The first-order valence-corrected chi connectivity index (χ1v) is 4.81. The molecule has 0 fully saturated rings. The average Bonchev–Trinajstić information content (AvgIpc) is 2.26. The lowest BCUT2D eigenvalue weighted by molar-refractivity contribution is -0.358. The van der Waals surface area contributed by atoms with Gasteiger partial charge in [0.1, 0.15) is 0 Å². The van der Waals surface area contributed by atoms with Crippen LogP contribution >= 0.6 is 0 Å². The van der Waals surface area contributed by atoms with E-state index in [1.54, 1.807) is 0 Å². The molecule has 0 bridgehead atoms. The van der Waals surface area contributed by atoms with E-state index in [-0.39, 0.29) is 5.56 Å². The molecule has 0 saturated carbocycles. The minimum Gasteiger partial charge on any atom is -0.370 e. The van der Waals surface area contributed by atoms with Gasteiger partial charge in [-0.15, -0.1) is 0 Å². The van der Waals surface area contributed by atoms with Crippen LogP contribution in [0.2, 0.25) is 0 Å². The number of halogens is 3. The molecule has 0 spiro atoms. The van der Waals surface area contributed by atoms with Crippen molar-refractivity contribution in [1.82, 2.24) is 0 Å². The van der Waals surface area contributed by atoms with Gasteiger partial charge in [0.2, 0.25) is 0 Å². The molecule has 6 nitrogen and oxygen atoms in total. The summed E-state index contributed by atoms with van der Waals surface area (Å²) in [6, 6.07) is 3.36. The summed E-state index contributed by atoms with van der Waals surface area (Å²) in [7, 11) is 0. The zero-order valence-electron chi connectivity index (χ0n) is 9.35. The van der Waals surface area contributed by atoms with E-state index in [0.717, 1.165) is 24.3 Å². The molecular formula is C10H10F3N3O3. The quantitative estimate of drug-likeness (QED) is 0.339. The third-order valence-electron chi connectivity index (χ3n) is 2.16. The van der Waals surface area contributed by atoms with E-state index >= 15 is 0 Å². The molecule has 0 aliphatic rings. The normalized spacial score (nSPS) is 12.1.